The average Bonchev–Trinajstić information content (AvgIpc) is 1.20. The minimum atomic E-state index is -3.01. The molecule has 0 saturated carbocycles. The lowest BCUT2D eigenvalue weighted by Crippen LogP contribution is -2.69. The normalized spacial score (nSPS) is 30.8. The molecule has 0 bridgehead atoms. The van der Waals surface area contributed by atoms with Gasteiger partial charge in [-0.05, 0) is 181 Å². The van der Waals surface area contributed by atoms with Gasteiger partial charge >= 0.3 is 0 Å². The lowest BCUT2D eigenvalue weighted by atomic mass is 9.77. The Bertz CT molecular complexity index is 3020. The first-order valence-corrected chi connectivity index (χ1v) is 55.1. The summed E-state index contributed by atoms with van der Waals surface area (Å²) in [6.45, 7) is 69.9. The van der Waals surface area contributed by atoms with Gasteiger partial charge in [-0.2, -0.15) is 0 Å². The van der Waals surface area contributed by atoms with Crippen LogP contribution in [-0.2, 0) is 75.5 Å². The van der Waals surface area contributed by atoms with Crippen LogP contribution < -0.4 is 0 Å². The smallest absolute Gasteiger partial charge is 0.193 e. The summed E-state index contributed by atoms with van der Waals surface area (Å²) in [5, 5.41) is -0.625. The summed E-state index contributed by atoms with van der Waals surface area (Å²) in [7, 11) is -13.7. The molecule has 18 atom stereocenters. The molecule has 6 aliphatic rings. The van der Waals surface area contributed by atoms with Crippen LogP contribution in [0.1, 0.15) is 193 Å². The van der Waals surface area contributed by atoms with E-state index in [1.54, 1.807) is 25.3 Å². The second-order valence-electron chi connectivity index (χ2n) is 38.2. The van der Waals surface area contributed by atoms with E-state index in [1.807, 2.05) is 10.1 Å². The molecular weight excluding hydrogens is 1490 g/mol. The summed E-state index contributed by atoms with van der Waals surface area (Å²) in [5.41, 5.74) is 2.69. The molecule has 23 heteroatoms. The van der Waals surface area contributed by atoms with Crippen LogP contribution in [0.5, 0.6) is 0 Å². The highest BCUT2D eigenvalue weighted by molar-refractivity contribution is 14.1. The highest BCUT2D eigenvalue weighted by Crippen LogP contribution is 2.51. The van der Waals surface area contributed by atoms with Gasteiger partial charge in [-0.1, -0.05) is 159 Å². The Kier molecular flexibility index (Phi) is 29.8. The molecule has 0 N–H and O–H groups in total. The second kappa shape index (κ2) is 34.3. The van der Waals surface area contributed by atoms with Gasteiger partial charge in [0.15, 0.2) is 58.6 Å². The average molecular weight is 1630 g/mol. The summed E-state index contributed by atoms with van der Waals surface area (Å²) >= 11 is 2.30. The molecule has 4 unspecified atom stereocenters. The zero-order valence-corrected chi connectivity index (χ0v) is 75.7. The van der Waals surface area contributed by atoms with E-state index in [0.29, 0.717) is 51.1 Å². The molecule has 101 heavy (non-hydrogen) atoms. The van der Waals surface area contributed by atoms with Crippen LogP contribution in [0.15, 0.2) is 63.6 Å². The number of carbonyl (C=O) groups is 1. The third kappa shape index (κ3) is 21.9. The van der Waals surface area contributed by atoms with Gasteiger partial charge in [-0.3, -0.25) is 4.79 Å². The van der Waals surface area contributed by atoms with E-state index in [1.165, 1.54) is 0 Å². The number of ketones is 1. The molecule has 1 aromatic carbocycles. The van der Waals surface area contributed by atoms with Gasteiger partial charge in [0, 0.05) is 38.7 Å². The van der Waals surface area contributed by atoms with E-state index in [4.69, 9.17) is 66.6 Å². The van der Waals surface area contributed by atoms with E-state index >= 15 is 4.79 Å². The van der Waals surface area contributed by atoms with Gasteiger partial charge < -0.3 is 60.0 Å². The summed E-state index contributed by atoms with van der Waals surface area (Å²) in [6.07, 6.45) is 2.21. The number of rotatable bonds is 30. The summed E-state index contributed by atoms with van der Waals surface area (Å²) in [6, 6.07) is 6.89. The molecular formula is C78H139IO16SSi5. The van der Waals surface area contributed by atoms with Gasteiger partial charge in [0.25, 0.3) is 0 Å². The fourth-order valence-electron chi connectivity index (χ4n) is 14.1. The number of fused-ring (bicyclic) bond motifs is 1. The van der Waals surface area contributed by atoms with Gasteiger partial charge in [0.2, 0.25) is 0 Å². The lowest BCUT2D eigenvalue weighted by molar-refractivity contribution is -0.268. The van der Waals surface area contributed by atoms with Crippen LogP contribution in [0.3, 0.4) is 0 Å². The number of methoxy groups -OCH3 is 1. The monoisotopic (exact) mass is 1630 g/mol. The minimum absolute atomic E-state index is 0.0361. The van der Waals surface area contributed by atoms with E-state index in [-0.39, 0.29) is 85.0 Å². The Balaban J connectivity index is 1.30. The Hall–Kier alpha value is -0.646. The molecule has 0 aromatic heterocycles. The van der Waals surface area contributed by atoms with Gasteiger partial charge in [-0.25, -0.2) is 8.42 Å². The standard InChI is InChI=1S/C78H139IO16SSi5/c1-50-43-54(33-35-60-51(2)44-55(87-60)34-38-67-84-41-42-85-67)88-64(52(50)3)48-65-58(69(83-19)66(89-65)46-56(92-98(22,23)75(7,8)9)49-86-97(20,21)74(4,5)6)47-59(80)68(53-31-30-32-57(45-53)96(81)82)61-36-37-62-70(90-61)72(94-100(26,27)77(13,14)15)73(95-101(28,29)78(16,17)18)71(91-62)63(39-40-79)93-99(24,25)76(10,11)12/h30-32,39-40,45,50,54-56,58,60-73,96H,2-3,33-38,41-44,46-49H2,1,4-29H3/b40-39+/t50-,54+,55+,56+,58+,60+,61-,62+,63?,64-,65+,66-,68?,69-,70+,71+,72?,73?/m1/s1. The van der Waals surface area contributed by atoms with Crippen molar-refractivity contribution >= 4 is 80.7 Å². The van der Waals surface area contributed by atoms with Crippen molar-refractivity contribution in [1.29, 1.82) is 0 Å². The van der Waals surface area contributed by atoms with Crippen molar-refractivity contribution in [2.45, 2.75) is 381 Å². The summed E-state index contributed by atoms with van der Waals surface area (Å²) < 4.78 is 121. The maximum atomic E-state index is 16.7. The SMILES string of the molecule is C=C1C[C@H](CCC2OCCO2)O[C@H]1CC[C@H]1C[C@@H](C)C(=C)[C@@H](C[C@@H]2O[C@H](C[C@@H](CO[Si](C)(C)C(C)(C)C)O[Si](C)(C)C(C)(C)C)[C@H](OC)[C@H]2CC(=O)C(c2cccc([SH](=O)=O)c2)[C@H]2CC[C@@H]3O[C@@H](C(/C=C/I)O[Si](C)(C)C(C)(C)C)C(O[Si](C)(C)C(C)(C)C)C(O[Si](C)(C)C(C)(C)C)[C@H]3O2)O1. The minimum Gasteiger partial charge on any atom is -0.414 e. The molecule has 1 aromatic rings. The van der Waals surface area contributed by atoms with Crippen molar-refractivity contribution in [2.75, 3.05) is 26.9 Å². The zero-order chi connectivity index (χ0) is 75.8. The zero-order valence-electron chi connectivity index (χ0n) is 67.6. The maximum absolute atomic E-state index is 16.7. The predicted octanol–water partition coefficient (Wildman–Crippen LogP) is 18.7. The van der Waals surface area contributed by atoms with E-state index < -0.39 is 125 Å². The lowest BCUT2D eigenvalue weighted by Gasteiger charge is -2.56. The number of hydrogen-bond donors (Lipinski definition) is 1. The first-order chi connectivity index (χ1) is 46.3. The van der Waals surface area contributed by atoms with Gasteiger partial charge in [0.05, 0.1) is 97.8 Å². The molecule has 0 spiro atoms. The molecule has 0 aliphatic carbocycles. The van der Waals surface area contributed by atoms with Crippen molar-refractivity contribution in [2.24, 2.45) is 11.8 Å². The Morgan fingerprint density at radius 1 is 0.663 bits per heavy atom. The summed E-state index contributed by atoms with van der Waals surface area (Å²) in [4.78, 5) is 16.8. The molecule has 580 valence electrons. The fraction of sp³-hybridized carbons (Fsp3) is 0.833. The molecule has 7 rings (SSSR count). The fourth-order valence-corrected chi connectivity index (χ4v) is 21.2. The number of carbonyl (C=O) groups excluding carboxylic acids is 1. The first kappa shape index (κ1) is 87.6. The van der Waals surface area contributed by atoms with Crippen LogP contribution in [0.2, 0.25) is 90.7 Å². The Labute approximate surface area is 633 Å². The topological polar surface area (TPSA) is 171 Å². The van der Waals surface area contributed by atoms with Crippen LogP contribution in [0.25, 0.3) is 0 Å². The highest BCUT2D eigenvalue weighted by atomic mass is 127. The largest absolute Gasteiger partial charge is 0.414 e. The van der Waals surface area contributed by atoms with Crippen LogP contribution in [0.4, 0.5) is 0 Å². The van der Waals surface area contributed by atoms with Crippen LogP contribution >= 0.6 is 22.6 Å². The number of thiol groups is 1. The molecule has 6 heterocycles. The Morgan fingerprint density at radius 2 is 1.23 bits per heavy atom. The van der Waals surface area contributed by atoms with E-state index in [2.05, 4.69) is 211 Å². The second-order valence-corrected chi connectivity index (χ2v) is 63.8. The van der Waals surface area contributed by atoms with Crippen molar-refractivity contribution < 1.29 is 73.2 Å². The van der Waals surface area contributed by atoms with E-state index in [9.17, 15) is 8.42 Å². The first-order valence-electron chi connectivity index (χ1n) is 38.1. The van der Waals surface area contributed by atoms with Gasteiger partial charge in [-0.15, -0.1) is 0 Å². The molecule has 0 amide bonds. The molecule has 6 fully saturated rings. The van der Waals surface area contributed by atoms with Crippen molar-refractivity contribution in [3.05, 3.63) is 64.3 Å². The quantitative estimate of drug-likeness (QED) is 0.0333. The maximum Gasteiger partial charge on any atom is 0.193 e. The number of hydrogen-bond acceptors (Lipinski definition) is 16. The number of ether oxygens (including phenoxy) is 8. The third-order valence-electron chi connectivity index (χ3n) is 25.7. The van der Waals surface area contributed by atoms with Crippen molar-refractivity contribution in [3.63, 3.8) is 0 Å². The summed E-state index contributed by atoms with van der Waals surface area (Å²) in [5.74, 6) is -1.34. The molecule has 6 saturated heterocycles. The Morgan fingerprint density at radius 3 is 1.79 bits per heavy atom. The van der Waals surface area contributed by atoms with Crippen molar-refractivity contribution in [3.8, 4) is 0 Å². The molecule has 0 radical (unpaired) electrons. The van der Waals surface area contributed by atoms with Crippen molar-refractivity contribution in [1.82, 2.24) is 0 Å². The molecule has 6 aliphatic heterocycles. The van der Waals surface area contributed by atoms with Crippen LogP contribution in [-0.4, -0.2) is 181 Å². The predicted molar refractivity (Wildman–Crippen MR) is 429 cm³/mol. The van der Waals surface area contributed by atoms with Gasteiger partial charge in [0.1, 0.15) is 30.2 Å². The number of benzene rings is 1. The van der Waals surface area contributed by atoms with Crippen LogP contribution in [0, 0.1) is 11.8 Å². The highest BCUT2D eigenvalue weighted by Gasteiger charge is 2.60. The molecule has 16 nitrogen and oxygen atoms in total. The number of halogens is 1. The third-order valence-corrected chi connectivity index (χ3v) is 49.2. The van der Waals surface area contributed by atoms with E-state index in [0.717, 1.165) is 49.7 Å². The number of Topliss-reactive ketones (excluding diaryl/α,β-unsaturated/α-hetero) is 1.